The first-order valence-electron chi connectivity index (χ1n) is 11.4. The number of unbranched alkanes of at least 4 members (excludes halogenated alkanes) is 2. The predicted molar refractivity (Wildman–Crippen MR) is 139 cm³/mol. The van der Waals surface area contributed by atoms with Crippen molar-refractivity contribution in [3.63, 3.8) is 0 Å². The fourth-order valence-corrected chi connectivity index (χ4v) is 5.20. The number of aryl methyl sites for hydroxylation is 4. The van der Waals surface area contributed by atoms with Crippen LogP contribution in [-0.2, 0) is 20.2 Å². The highest BCUT2D eigenvalue weighted by atomic mass is 32.2. The molecule has 0 saturated carbocycles. The van der Waals surface area contributed by atoms with Crippen molar-refractivity contribution in [3.05, 3.63) is 46.5 Å². The molecule has 2 rings (SSSR count). The van der Waals surface area contributed by atoms with Gasteiger partial charge in [-0.1, -0.05) is 0 Å². The lowest BCUT2D eigenvalue weighted by Gasteiger charge is -2.18. The highest BCUT2D eigenvalue weighted by Crippen LogP contribution is 2.32. The van der Waals surface area contributed by atoms with Gasteiger partial charge in [0, 0.05) is 24.5 Å². The van der Waals surface area contributed by atoms with E-state index in [4.69, 9.17) is 9.11 Å². The summed E-state index contributed by atoms with van der Waals surface area (Å²) in [5.74, 6) is -0.445. The third-order valence-corrected chi connectivity index (χ3v) is 7.27. The molecule has 0 aliphatic rings. The van der Waals surface area contributed by atoms with Crippen LogP contribution in [0.3, 0.4) is 0 Å². The lowest BCUT2D eigenvalue weighted by molar-refractivity contribution is 0.478. The maximum Gasteiger partial charge on any atom is 0.264 e. The Bertz CT molecular complexity index is 1070. The zero-order valence-electron chi connectivity index (χ0n) is 20.3. The van der Waals surface area contributed by atoms with Crippen LogP contribution in [0.2, 0.25) is 0 Å². The van der Waals surface area contributed by atoms with Crippen molar-refractivity contribution in [1.82, 2.24) is 0 Å². The molecule has 0 aliphatic heterocycles. The second kappa shape index (κ2) is 12.0. The molecule has 0 radical (unpaired) electrons. The Hall–Kier alpha value is -2.14. The van der Waals surface area contributed by atoms with Gasteiger partial charge in [-0.15, -0.1) is 0 Å². The number of hydrogen-bond acceptors (Lipinski definition) is 6. The van der Waals surface area contributed by atoms with Crippen LogP contribution >= 0.6 is 0 Å². The maximum absolute atomic E-state index is 10.8. The minimum Gasteiger partial charge on any atom is -0.385 e. The average molecular weight is 513 g/mol. The van der Waals surface area contributed by atoms with E-state index in [9.17, 15) is 16.8 Å². The van der Waals surface area contributed by atoms with Gasteiger partial charge in [-0.25, -0.2) is 0 Å². The second-order valence-corrected chi connectivity index (χ2v) is 12.0. The van der Waals surface area contributed by atoms with E-state index in [1.165, 1.54) is 0 Å². The topological polar surface area (TPSA) is 133 Å². The van der Waals surface area contributed by atoms with Gasteiger partial charge >= 0.3 is 0 Å². The molecule has 190 valence electrons. The van der Waals surface area contributed by atoms with E-state index in [2.05, 4.69) is 34.9 Å². The van der Waals surface area contributed by atoms with E-state index in [0.29, 0.717) is 38.8 Å². The standard InChI is InChI=1S/C24H36N2O6S2/c1-17-13-21(14-18(2)23(17)25-9-5-7-11-33(27,28)29)22-15-19(3)24(20(4)16-22)26-10-6-8-12-34(30,31)32/h13-16,25-26H,5-12H2,1-4H3,(H,27,28,29)(H,30,31,32). The molecule has 2 aromatic rings. The van der Waals surface area contributed by atoms with Gasteiger partial charge in [-0.3, -0.25) is 9.11 Å². The molecule has 0 heterocycles. The average Bonchev–Trinajstić information content (AvgIpc) is 2.69. The summed E-state index contributed by atoms with van der Waals surface area (Å²) in [5, 5.41) is 6.76. The molecule has 10 heteroatoms. The molecule has 0 unspecified atom stereocenters. The summed E-state index contributed by atoms with van der Waals surface area (Å²) in [6.07, 6.45) is 2.09. The number of hydrogen-bond donors (Lipinski definition) is 4. The maximum atomic E-state index is 10.8. The lowest BCUT2D eigenvalue weighted by Crippen LogP contribution is -2.09. The van der Waals surface area contributed by atoms with Crippen molar-refractivity contribution in [1.29, 1.82) is 0 Å². The zero-order chi connectivity index (χ0) is 25.5. The van der Waals surface area contributed by atoms with Gasteiger partial charge in [-0.2, -0.15) is 16.8 Å². The third-order valence-electron chi connectivity index (χ3n) is 5.66. The molecule has 4 N–H and O–H groups in total. The molecule has 0 fully saturated rings. The van der Waals surface area contributed by atoms with Gasteiger partial charge in [0.2, 0.25) is 0 Å². The fraction of sp³-hybridized carbons (Fsp3) is 0.500. The number of rotatable bonds is 13. The predicted octanol–water partition coefficient (Wildman–Crippen LogP) is 4.75. The first-order valence-corrected chi connectivity index (χ1v) is 14.6. The van der Waals surface area contributed by atoms with Gasteiger partial charge in [0.15, 0.2) is 0 Å². The van der Waals surface area contributed by atoms with Crippen molar-refractivity contribution >= 4 is 31.6 Å². The van der Waals surface area contributed by atoms with Crippen molar-refractivity contribution in [2.75, 3.05) is 35.2 Å². The summed E-state index contributed by atoms with van der Waals surface area (Å²) in [4.78, 5) is 0. The van der Waals surface area contributed by atoms with E-state index in [1.54, 1.807) is 0 Å². The van der Waals surface area contributed by atoms with Gasteiger partial charge < -0.3 is 10.6 Å². The van der Waals surface area contributed by atoms with Gasteiger partial charge in [0.05, 0.1) is 11.5 Å². The summed E-state index contributed by atoms with van der Waals surface area (Å²) in [5.41, 5.74) is 8.68. The van der Waals surface area contributed by atoms with Crippen LogP contribution in [0.25, 0.3) is 11.1 Å². The quantitative estimate of drug-likeness (QED) is 0.223. The number of benzene rings is 2. The SMILES string of the molecule is Cc1cc(-c2cc(C)c(NCCCCS(=O)(=O)O)c(C)c2)cc(C)c1NCCCCS(=O)(=O)O. The van der Waals surface area contributed by atoms with Crippen LogP contribution in [0.4, 0.5) is 11.4 Å². The van der Waals surface area contributed by atoms with Crippen LogP contribution in [0, 0.1) is 27.7 Å². The summed E-state index contributed by atoms with van der Waals surface area (Å²) in [6, 6.07) is 8.52. The van der Waals surface area contributed by atoms with E-state index < -0.39 is 20.2 Å². The summed E-state index contributed by atoms with van der Waals surface area (Å²) >= 11 is 0. The minimum absolute atomic E-state index is 0.223. The first kappa shape index (κ1) is 28.1. The molecular weight excluding hydrogens is 476 g/mol. The van der Waals surface area contributed by atoms with Crippen molar-refractivity contribution < 1.29 is 25.9 Å². The normalized spacial score (nSPS) is 12.1. The van der Waals surface area contributed by atoms with E-state index in [0.717, 1.165) is 44.8 Å². The van der Waals surface area contributed by atoms with E-state index in [1.807, 2.05) is 27.7 Å². The van der Waals surface area contributed by atoms with E-state index in [-0.39, 0.29) is 11.5 Å². The number of anilines is 2. The molecule has 0 amide bonds. The molecule has 8 nitrogen and oxygen atoms in total. The van der Waals surface area contributed by atoms with Crippen LogP contribution in [-0.4, -0.2) is 50.5 Å². The molecule has 34 heavy (non-hydrogen) atoms. The van der Waals surface area contributed by atoms with Crippen LogP contribution in [0.15, 0.2) is 24.3 Å². The monoisotopic (exact) mass is 512 g/mol. The molecular formula is C24H36N2O6S2. The molecule has 0 atom stereocenters. The van der Waals surface area contributed by atoms with E-state index >= 15 is 0 Å². The Morgan fingerprint density at radius 2 is 0.882 bits per heavy atom. The summed E-state index contributed by atoms with van der Waals surface area (Å²) in [6.45, 7) is 9.41. The number of nitrogens with one attached hydrogen (secondary N) is 2. The van der Waals surface area contributed by atoms with Crippen LogP contribution in [0.1, 0.15) is 47.9 Å². The summed E-state index contributed by atoms with van der Waals surface area (Å²) < 4.78 is 61.0. The van der Waals surface area contributed by atoms with Crippen LogP contribution in [0.5, 0.6) is 0 Å². The molecule has 0 spiro atoms. The first-order chi connectivity index (χ1) is 15.8. The third kappa shape index (κ3) is 9.25. The Morgan fingerprint density at radius 3 is 1.15 bits per heavy atom. The summed E-state index contributed by atoms with van der Waals surface area (Å²) in [7, 11) is -7.82. The molecule has 0 saturated heterocycles. The molecule has 0 aliphatic carbocycles. The molecule has 0 bridgehead atoms. The fourth-order valence-electron chi connectivity index (χ4n) is 4.06. The van der Waals surface area contributed by atoms with Crippen molar-refractivity contribution in [3.8, 4) is 11.1 Å². The lowest BCUT2D eigenvalue weighted by atomic mass is 9.95. The minimum atomic E-state index is -3.91. The smallest absolute Gasteiger partial charge is 0.264 e. The molecule has 0 aromatic heterocycles. The van der Waals surface area contributed by atoms with Crippen molar-refractivity contribution in [2.24, 2.45) is 0 Å². The van der Waals surface area contributed by atoms with Crippen molar-refractivity contribution in [2.45, 2.75) is 53.4 Å². The largest absolute Gasteiger partial charge is 0.385 e. The Morgan fingerprint density at radius 1 is 0.588 bits per heavy atom. The van der Waals surface area contributed by atoms with Gasteiger partial charge in [-0.05, 0) is 111 Å². The Kier molecular flexibility index (Phi) is 9.93. The Balaban J connectivity index is 2.05. The van der Waals surface area contributed by atoms with Gasteiger partial charge in [0.1, 0.15) is 0 Å². The highest BCUT2D eigenvalue weighted by molar-refractivity contribution is 7.86. The van der Waals surface area contributed by atoms with Crippen LogP contribution < -0.4 is 10.6 Å². The second-order valence-electron chi connectivity index (χ2n) is 8.81. The highest BCUT2D eigenvalue weighted by Gasteiger charge is 2.11. The van der Waals surface area contributed by atoms with Gasteiger partial charge in [0.25, 0.3) is 20.2 Å². The zero-order valence-corrected chi connectivity index (χ0v) is 21.9. The Labute approximate surface area is 203 Å². The molecule has 2 aromatic carbocycles.